The minimum absolute atomic E-state index is 0.0738. The van der Waals surface area contributed by atoms with Crippen LogP contribution in [0.5, 0.6) is 5.75 Å². The van der Waals surface area contributed by atoms with Gasteiger partial charge in [-0.1, -0.05) is 6.07 Å². The number of aromatic nitrogens is 4. The molecule has 1 aromatic carbocycles. The van der Waals surface area contributed by atoms with Crippen LogP contribution in [-0.4, -0.2) is 52.4 Å². The molecule has 0 radical (unpaired) electrons. The van der Waals surface area contributed by atoms with Crippen LogP contribution in [0.15, 0.2) is 30.3 Å². The van der Waals surface area contributed by atoms with E-state index in [0.717, 1.165) is 29.8 Å². The number of carbonyl (C=O) groups is 2. The van der Waals surface area contributed by atoms with Crippen LogP contribution < -0.4 is 26.4 Å². The Labute approximate surface area is 201 Å². The largest absolute Gasteiger partial charge is 0.494 e. The molecule has 1 aliphatic carbocycles. The highest BCUT2D eigenvalue weighted by atomic mass is 16.5. The lowest BCUT2D eigenvalue weighted by molar-refractivity contribution is -0.117. The molecule has 178 valence electrons. The summed E-state index contributed by atoms with van der Waals surface area (Å²) in [6, 6.07) is 8.72. The van der Waals surface area contributed by atoms with E-state index in [1.54, 1.807) is 16.8 Å². The van der Waals surface area contributed by atoms with Gasteiger partial charge in [0.2, 0.25) is 5.91 Å². The van der Waals surface area contributed by atoms with Crippen molar-refractivity contribution in [3.05, 3.63) is 41.7 Å². The van der Waals surface area contributed by atoms with Gasteiger partial charge in [0.1, 0.15) is 0 Å². The second kappa shape index (κ2) is 9.87. The monoisotopic (exact) mass is 467 g/mol. The van der Waals surface area contributed by atoms with Crippen molar-refractivity contribution in [1.82, 2.24) is 25.3 Å². The highest BCUT2D eigenvalue weighted by Crippen LogP contribution is 2.39. The van der Waals surface area contributed by atoms with E-state index in [0.29, 0.717) is 24.5 Å². The van der Waals surface area contributed by atoms with Crippen molar-refractivity contribution in [2.24, 2.45) is 11.7 Å². The molecule has 0 aliphatic heterocycles. The van der Waals surface area contributed by atoms with E-state index in [9.17, 15) is 9.59 Å². The minimum atomic E-state index is -2.73. The molecule has 11 heteroatoms. The molecule has 2 amide bonds. The number of para-hydroxylation sites is 1. The van der Waals surface area contributed by atoms with Gasteiger partial charge in [0, 0.05) is 35.2 Å². The summed E-state index contributed by atoms with van der Waals surface area (Å²) in [4.78, 5) is 25.0. The van der Waals surface area contributed by atoms with Gasteiger partial charge in [0.25, 0.3) is 5.91 Å². The molecule has 0 bridgehead atoms. The molecule has 0 saturated heterocycles. The van der Waals surface area contributed by atoms with Crippen LogP contribution in [0.4, 0.5) is 17.2 Å². The van der Waals surface area contributed by atoms with Crippen molar-refractivity contribution in [1.29, 1.82) is 0 Å². The fraction of sp³-hybridized carbons (Fsp3) is 0.348. The van der Waals surface area contributed by atoms with Crippen molar-refractivity contribution < 1.29 is 18.4 Å². The number of amides is 2. The molecule has 2 heterocycles. The van der Waals surface area contributed by atoms with Gasteiger partial charge in [-0.25, -0.2) is 0 Å². The zero-order chi connectivity index (χ0) is 26.7. The number of methoxy groups -OCH3 is 1. The Balaban J connectivity index is 1.75. The van der Waals surface area contributed by atoms with E-state index in [1.807, 2.05) is 24.4 Å². The highest BCUT2D eigenvalue weighted by molar-refractivity contribution is 6.00. The first-order valence-corrected chi connectivity index (χ1v) is 10.8. The normalized spacial score (nSPS) is 14.5. The molecule has 11 nitrogen and oxygen atoms in total. The topological polar surface area (TPSA) is 149 Å². The SMILES string of the molecule is [2H]C([2H])([2H])NC(=O)c1nnc(NC(=O)C2CC2)cc1Nc1cccc(-c2cc(C)nn2CCN)c1OC. The van der Waals surface area contributed by atoms with Crippen LogP contribution in [0, 0.1) is 12.8 Å². The molecule has 0 atom stereocenters. The summed E-state index contributed by atoms with van der Waals surface area (Å²) in [6.45, 7) is 0.0446. The first-order valence-electron chi connectivity index (χ1n) is 12.3. The zero-order valence-electron chi connectivity index (χ0n) is 21.9. The molecule has 0 unspecified atom stereocenters. The predicted octanol–water partition coefficient (Wildman–Crippen LogP) is 2.07. The van der Waals surface area contributed by atoms with Gasteiger partial charge in [0.05, 0.1) is 36.4 Å². The fourth-order valence-electron chi connectivity index (χ4n) is 3.61. The van der Waals surface area contributed by atoms with Crippen molar-refractivity contribution in [2.45, 2.75) is 26.3 Å². The van der Waals surface area contributed by atoms with Gasteiger partial charge in [0.15, 0.2) is 17.3 Å². The molecule has 3 aromatic rings. The van der Waals surface area contributed by atoms with Gasteiger partial charge < -0.3 is 26.4 Å². The Morgan fingerprint density at radius 1 is 1.26 bits per heavy atom. The number of benzene rings is 1. The summed E-state index contributed by atoms with van der Waals surface area (Å²) in [7, 11) is 1.51. The Bertz CT molecular complexity index is 1320. The number of carbonyl (C=O) groups excluding carboxylic acids is 2. The van der Waals surface area contributed by atoms with Gasteiger partial charge >= 0.3 is 0 Å². The number of nitrogens with two attached hydrogens (primary N) is 1. The van der Waals surface area contributed by atoms with E-state index >= 15 is 0 Å². The number of nitrogens with one attached hydrogen (secondary N) is 3. The third-order valence-electron chi connectivity index (χ3n) is 5.33. The third-order valence-corrected chi connectivity index (χ3v) is 5.33. The number of hydrogen-bond donors (Lipinski definition) is 4. The second-order valence-electron chi connectivity index (χ2n) is 7.90. The van der Waals surface area contributed by atoms with Gasteiger partial charge in [-0.15, -0.1) is 10.2 Å². The first kappa shape index (κ1) is 19.5. The summed E-state index contributed by atoms with van der Waals surface area (Å²) in [6.07, 6.45) is 1.60. The average Bonchev–Trinajstić information content (AvgIpc) is 3.61. The molecular formula is C23H28N8O3. The highest BCUT2D eigenvalue weighted by Gasteiger charge is 2.30. The van der Waals surface area contributed by atoms with Crippen LogP contribution in [0.1, 0.15) is 33.1 Å². The lowest BCUT2D eigenvalue weighted by Crippen LogP contribution is -2.22. The lowest BCUT2D eigenvalue weighted by Gasteiger charge is -2.17. The standard InChI is InChI=1S/C23H28N8O3/c1-13-11-18(31(30-13)10-9-24)15-5-4-6-16(21(15)34-3)26-17-12-19(27-22(32)14-7-8-14)28-29-20(17)23(33)25-2/h4-6,11-12,14H,7-10,24H2,1-3H3,(H,25,33)(H2,26,27,28,32)/i2D3. The van der Waals surface area contributed by atoms with Crippen LogP contribution in [-0.2, 0) is 11.3 Å². The van der Waals surface area contributed by atoms with Crippen molar-refractivity contribution >= 4 is 29.0 Å². The van der Waals surface area contributed by atoms with Gasteiger partial charge in [-0.2, -0.15) is 5.10 Å². The molecule has 1 fully saturated rings. The quantitative estimate of drug-likeness (QED) is 0.374. The van der Waals surface area contributed by atoms with Crippen LogP contribution in [0.2, 0.25) is 0 Å². The second-order valence-corrected chi connectivity index (χ2v) is 7.90. The summed E-state index contributed by atoms with van der Waals surface area (Å²) >= 11 is 0. The number of ether oxygens (including phenoxy) is 1. The smallest absolute Gasteiger partial charge is 0.273 e. The minimum Gasteiger partial charge on any atom is -0.494 e. The summed E-state index contributed by atoms with van der Waals surface area (Å²) in [5.41, 5.74) is 8.40. The molecular weight excluding hydrogens is 436 g/mol. The fourth-order valence-corrected chi connectivity index (χ4v) is 3.61. The van der Waals surface area contributed by atoms with Gasteiger partial charge in [-0.3, -0.25) is 14.3 Å². The van der Waals surface area contributed by atoms with Crippen molar-refractivity contribution in [3.63, 3.8) is 0 Å². The maximum Gasteiger partial charge on any atom is 0.273 e. The van der Waals surface area contributed by atoms with Gasteiger partial charge in [-0.05, 0) is 38.0 Å². The maximum absolute atomic E-state index is 12.7. The number of nitrogens with zero attached hydrogens (tertiary/aromatic N) is 4. The van der Waals surface area contributed by atoms with Crippen molar-refractivity contribution in [2.75, 3.05) is 31.3 Å². The summed E-state index contributed by atoms with van der Waals surface area (Å²) in [5, 5.41) is 20.0. The Morgan fingerprint density at radius 3 is 2.79 bits per heavy atom. The van der Waals surface area contributed by atoms with E-state index in [2.05, 4.69) is 25.9 Å². The van der Waals surface area contributed by atoms with Crippen LogP contribution >= 0.6 is 0 Å². The molecule has 2 aromatic heterocycles. The number of anilines is 3. The number of aryl methyl sites for hydroxylation is 1. The lowest BCUT2D eigenvalue weighted by atomic mass is 10.1. The number of hydrogen-bond acceptors (Lipinski definition) is 8. The van der Waals surface area contributed by atoms with Crippen LogP contribution in [0.25, 0.3) is 11.3 Å². The molecule has 0 spiro atoms. The maximum atomic E-state index is 12.7. The molecule has 1 aliphatic rings. The molecule has 34 heavy (non-hydrogen) atoms. The van der Waals surface area contributed by atoms with E-state index in [4.69, 9.17) is 14.6 Å². The average molecular weight is 468 g/mol. The van der Waals surface area contributed by atoms with E-state index in [1.165, 1.54) is 13.2 Å². The third kappa shape index (κ3) is 4.84. The van der Waals surface area contributed by atoms with E-state index < -0.39 is 12.9 Å². The summed E-state index contributed by atoms with van der Waals surface area (Å²) < 4.78 is 29.6. The molecule has 5 N–H and O–H groups in total. The predicted molar refractivity (Wildman–Crippen MR) is 128 cm³/mol. The van der Waals surface area contributed by atoms with Crippen LogP contribution in [0.3, 0.4) is 0 Å². The Kier molecular flexibility index (Phi) is 5.66. The molecule has 4 rings (SSSR count). The first-order chi connectivity index (χ1) is 17.6. The number of rotatable bonds is 9. The van der Waals surface area contributed by atoms with E-state index in [-0.39, 0.29) is 29.0 Å². The van der Waals surface area contributed by atoms with Crippen molar-refractivity contribution in [3.8, 4) is 17.0 Å². The Hall–Kier alpha value is -3.99. The zero-order valence-corrected chi connectivity index (χ0v) is 18.9. The molecule has 1 saturated carbocycles. The Morgan fingerprint density at radius 2 is 2.09 bits per heavy atom. The summed E-state index contributed by atoms with van der Waals surface area (Å²) in [5.74, 6) is -0.653.